The highest BCUT2D eigenvalue weighted by atomic mass is 16.2. The first kappa shape index (κ1) is 17.1. The van der Waals surface area contributed by atoms with Crippen LogP contribution < -0.4 is 10.6 Å². The molecule has 6 nitrogen and oxygen atoms in total. The summed E-state index contributed by atoms with van der Waals surface area (Å²) in [6, 6.07) is 13.3. The van der Waals surface area contributed by atoms with Crippen LogP contribution in [0.2, 0.25) is 0 Å². The molecule has 0 aliphatic carbocycles. The number of carbonyl (C=O) groups is 2. The second-order valence-electron chi connectivity index (χ2n) is 6.22. The molecule has 2 N–H and O–H groups in total. The highest BCUT2D eigenvalue weighted by molar-refractivity contribution is 5.94. The van der Waals surface area contributed by atoms with Crippen molar-refractivity contribution in [3.63, 3.8) is 0 Å². The van der Waals surface area contributed by atoms with E-state index >= 15 is 0 Å². The summed E-state index contributed by atoms with van der Waals surface area (Å²) in [5.41, 5.74) is 1.69. The fraction of sp³-hybridized carbons (Fsp3) is 0.316. The van der Waals surface area contributed by atoms with Crippen molar-refractivity contribution >= 4 is 11.8 Å². The summed E-state index contributed by atoms with van der Waals surface area (Å²) in [6.45, 7) is 2.01. The van der Waals surface area contributed by atoms with Gasteiger partial charge in [0.2, 0.25) is 5.91 Å². The molecular weight excluding hydrogens is 316 g/mol. The van der Waals surface area contributed by atoms with Crippen molar-refractivity contribution in [1.82, 2.24) is 20.5 Å². The Hall–Kier alpha value is -2.73. The van der Waals surface area contributed by atoms with E-state index in [-0.39, 0.29) is 23.8 Å². The van der Waals surface area contributed by atoms with Gasteiger partial charge in [-0.05, 0) is 17.7 Å². The summed E-state index contributed by atoms with van der Waals surface area (Å²) in [4.78, 5) is 30.8. The summed E-state index contributed by atoms with van der Waals surface area (Å²) >= 11 is 0. The summed E-state index contributed by atoms with van der Waals surface area (Å²) < 4.78 is 0. The summed E-state index contributed by atoms with van der Waals surface area (Å²) in [5, 5.41) is 5.70. The molecule has 0 radical (unpaired) electrons. The third kappa shape index (κ3) is 4.22. The van der Waals surface area contributed by atoms with Gasteiger partial charge in [0.15, 0.2) is 0 Å². The fourth-order valence-electron chi connectivity index (χ4n) is 3.20. The lowest BCUT2D eigenvalue weighted by Crippen LogP contribution is -2.45. The molecule has 1 aliphatic heterocycles. The molecule has 1 fully saturated rings. The van der Waals surface area contributed by atoms with Crippen LogP contribution in [0.1, 0.15) is 15.9 Å². The average Bonchev–Trinajstić information content (AvgIpc) is 3.04. The molecule has 3 rings (SSSR count). The molecule has 1 aromatic carbocycles. The van der Waals surface area contributed by atoms with E-state index in [1.807, 2.05) is 18.2 Å². The number of carbonyl (C=O) groups excluding carboxylic acids is 2. The highest BCUT2D eigenvalue weighted by Crippen LogP contribution is 2.20. The first-order chi connectivity index (χ1) is 12.2. The SMILES string of the molecule is CNC(=O)[C@H]1CN(Cc2ccccc2)C[C@@H]1NC(=O)c1cccnc1. The molecule has 130 valence electrons. The smallest absolute Gasteiger partial charge is 0.253 e. The van der Waals surface area contributed by atoms with E-state index < -0.39 is 0 Å². The third-order valence-corrected chi connectivity index (χ3v) is 4.47. The standard InChI is InChI=1S/C19H22N4O2/c1-20-19(25)16-12-23(11-14-6-3-2-4-7-14)13-17(16)22-18(24)15-8-5-9-21-10-15/h2-10,16-17H,11-13H2,1H3,(H,20,25)(H,22,24)/t16-,17-/m0/s1. The van der Waals surface area contributed by atoms with E-state index in [2.05, 4.69) is 32.7 Å². The zero-order chi connectivity index (χ0) is 17.6. The largest absolute Gasteiger partial charge is 0.359 e. The van der Waals surface area contributed by atoms with Crippen molar-refractivity contribution in [3.8, 4) is 0 Å². The van der Waals surface area contributed by atoms with E-state index in [1.165, 1.54) is 11.8 Å². The van der Waals surface area contributed by atoms with E-state index in [1.54, 1.807) is 25.4 Å². The van der Waals surface area contributed by atoms with Gasteiger partial charge < -0.3 is 10.6 Å². The number of hydrogen-bond acceptors (Lipinski definition) is 4. The van der Waals surface area contributed by atoms with Crippen LogP contribution >= 0.6 is 0 Å². The quantitative estimate of drug-likeness (QED) is 0.855. The summed E-state index contributed by atoms with van der Waals surface area (Å²) in [6.07, 6.45) is 3.15. The lowest BCUT2D eigenvalue weighted by molar-refractivity contribution is -0.124. The van der Waals surface area contributed by atoms with Gasteiger partial charge in [-0.2, -0.15) is 0 Å². The van der Waals surface area contributed by atoms with Crippen LogP contribution in [0.5, 0.6) is 0 Å². The second-order valence-corrected chi connectivity index (χ2v) is 6.22. The van der Waals surface area contributed by atoms with Crippen LogP contribution in [0.3, 0.4) is 0 Å². The predicted octanol–water partition coefficient (Wildman–Crippen LogP) is 1.06. The lowest BCUT2D eigenvalue weighted by Gasteiger charge is -2.18. The second kappa shape index (κ2) is 7.90. The molecule has 2 amide bonds. The molecule has 1 saturated heterocycles. The van der Waals surface area contributed by atoms with Gasteiger partial charge in [-0.15, -0.1) is 0 Å². The van der Waals surface area contributed by atoms with E-state index in [4.69, 9.17) is 0 Å². The number of likely N-dealkylation sites (tertiary alicyclic amines) is 1. The Kier molecular flexibility index (Phi) is 5.40. The van der Waals surface area contributed by atoms with Crippen molar-refractivity contribution in [2.24, 2.45) is 5.92 Å². The minimum Gasteiger partial charge on any atom is -0.359 e. The van der Waals surface area contributed by atoms with Crippen LogP contribution in [0, 0.1) is 5.92 Å². The van der Waals surface area contributed by atoms with Crippen LogP contribution in [0.15, 0.2) is 54.9 Å². The number of rotatable bonds is 5. The van der Waals surface area contributed by atoms with Gasteiger partial charge in [0.1, 0.15) is 0 Å². The van der Waals surface area contributed by atoms with Gasteiger partial charge in [-0.25, -0.2) is 0 Å². The number of amides is 2. The Bertz CT molecular complexity index is 721. The molecule has 6 heteroatoms. The van der Waals surface area contributed by atoms with Gasteiger partial charge in [0, 0.05) is 39.1 Å². The van der Waals surface area contributed by atoms with Gasteiger partial charge in [-0.1, -0.05) is 30.3 Å². The first-order valence-corrected chi connectivity index (χ1v) is 8.36. The van der Waals surface area contributed by atoms with Crippen LogP contribution in [0.4, 0.5) is 0 Å². The summed E-state index contributed by atoms with van der Waals surface area (Å²) in [7, 11) is 1.63. The number of nitrogens with zero attached hydrogens (tertiary/aromatic N) is 2. The van der Waals surface area contributed by atoms with E-state index in [9.17, 15) is 9.59 Å². The fourth-order valence-corrected chi connectivity index (χ4v) is 3.20. The van der Waals surface area contributed by atoms with Crippen molar-refractivity contribution in [2.45, 2.75) is 12.6 Å². The highest BCUT2D eigenvalue weighted by Gasteiger charge is 2.38. The number of nitrogens with one attached hydrogen (secondary N) is 2. The Labute approximate surface area is 147 Å². The zero-order valence-corrected chi connectivity index (χ0v) is 14.2. The maximum Gasteiger partial charge on any atom is 0.253 e. The molecule has 1 aliphatic rings. The number of pyridine rings is 1. The van der Waals surface area contributed by atoms with Crippen molar-refractivity contribution in [3.05, 3.63) is 66.0 Å². The maximum atomic E-state index is 12.4. The first-order valence-electron chi connectivity index (χ1n) is 8.36. The van der Waals surface area contributed by atoms with Crippen molar-refractivity contribution in [2.75, 3.05) is 20.1 Å². The Morgan fingerprint density at radius 2 is 1.96 bits per heavy atom. The molecule has 2 heterocycles. The van der Waals surface area contributed by atoms with Crippen LogP contribution in [-0.4, -0.2) is 47.9 Å². The Morgan fingerprint density at radius 1 is 1.16 bits per heavy atom. The molecule has 0 unspecified atom stereocenters. The van der Waals surface area contributed by atoms with E-state index in [0.717, 1.165) is 6.54 Å². The Balaban J connectivity index is 1.69. The topological polar surface area (TPSA) is 74.3 Å². The van der Waals surface area contributed by atoms with Crippen molar-refractivity contribution < 1.29 is 9.59 Å². The molecule has 2 atom stereocenters. The average molecular weight is 338 g/mol. The van der Waals surface area contributed by atoms with Gasteiger partial charge in [0.05, 0.1) is 17.5 Å². The molecule has 2 aromatic rings. The van der Waals surface area contributed by atoms with Crippen LogP contribution in [-0.2, 0) is 11.3 Å². The number of aromatic nitrogens is 1. The minimum atomic E-state index is -0.269. The summed E-state index contributed by atoms with van der Waals surface area (Å²) in [5.74, 6) is -0.519. The third-order valence-electron chi connectivity index (χ3n) is 4.47. The van der Waals surface area contributed by atoms with Gasteiger partial charge in [0.25, 0.3) is 5.91 Å². The predicted molar refractivity (Wildman–Crippen MR) is 94.8 cm³/mol. The van der Waals surface area contributed by atoms with Crippen LogP contribution in [0.25, 0.3) is 0 Å². The lowest BCUT2D eigenvalue weighted by atomic mass is 10.0. The Morgan fingerprint density at radius 3 is 2.64 bits per heavy atom. The maximum absolute atomic E-state index is 12.4. The molecular formula is C19H22N4O2. The number of benzene rings is 1. The number of hydrogen-bond donors (Lipinski definition) is 2. The van der Waals surface area contributed by atoms with Crippen molar-refractivity contribution in [1.29, 1.82) is 0 Å². The molecule has 25 heavy (non-hydrogen) atoms. The molecule has 0 saturated carbocycles. The molecule has 0 bridgehead atoms. The van der Waals surface area contributed by atoms with E-state index in [0.29, 0.717) is 18.7 Å². The zero-order valence-electron chi connectivity index (χ0n) is 14.2. The normalized spacial score (nSPS) is 20.2. The van der Waals surface area contributed by atoms with Gasteiger partial charge in [-0.3, -0.25) is 19.5 Å². The minimum absolute atomic E-state index is 0.0490. The van der Waals surface area contributed by atoms with Gasteiger partial charge >= 0.3 is 0 Å². The molecule has 0 spiro atoms. The monoisotopic (exact) mass is 338 g/mol. The molecule has 1 aromatic heterocycles.